The molecule has 7 nitrogen and oxygen atoms in total. The largest absolute Gasteiger partial charge is 0.495 e. The standard InChI is InChI=1S/C18H27N3O4.ClH/c1-4-25-18(23)21-11-9-20(10-12-21)8-7-17(22)19-15-13-14(2)5-6-16(15)24-3;/h5-6,13H,4,7-12H2,1-3H3,(H,19,22);1H. The Kier molecular flexibility index (Phi) is 9.23. The molecule has 0 saturated carbocycles. The van der Waals surface area contributed by atoms with Crippen molar-refractivity contribution in [2.24, 2.45) is 0 Å². The summed E-state index contributed by atoms with van der Waals surface area (Å²) in [5.41, 5.74) is 1.76. The second-order valence-corrected chi connectivity index (χ2v) is 6.03. The number of hydrogen-bond donors (Lipinski definition) is 1. The van der Waals surface area contributed by atoms with E-state index in [2.05, 4.69) is 10.2 Å². The summed E-state index contributed by atoms with van der Waals surface area (Å²) < 4.78 is 10.3. The number of piperazine rings is 1. The number of carbonyl (C=O) groups excluding carboxylic acids is 2. The van der Waals surface area contributed by atoms with E-state index in [0.717, 1.165) is 18.7 Å². The van der Waals surface area contributed by atoms with E-state index in [1.54, 1.807) is 18.9 Å². The Hall–Kier alpha value is -1.99. The number of rotatable bonds is 6. The van der Waals surface area contributed by atoms with Gasteiger partial charge < -0.3 is 19.7 Å². The molecule has 2 rings (SSSR count). The molecule has 0 unspecified atom stereocenters. The summed E-state index contributed by atoms with van der Waals surface area (Å²) >= 11 is 0. The van der Waals surface area contributed by atoms with Gasteiger partial charge in [0.05, 0.1) is 19.4 Å². The number of hydrogen-bond acceptors (Lipinski definition) is 5. The molecule has 1 heterocycles. The number of halogens is 1. The molecule has 26 heavy (non-hydrogen) atoms. The predicted octanol–water partition coefficient (Wildman–Crippen LogP) is 2.53. The van der Waals surface area contributed by atoms with Gasteiger partial charge in [-0.3, -0.25) is 9.69 Å². The Bertz CT molecular complexity index is 604. The zero-order valence-electron chi connectivity index (χ0n) is 15.6. The molecule has 0 bridgehead atoms. The molecular weight excluding hydrogens is 358 g/mol. The fourth-order valence-electron chi connectivity index (χ4n) is 2.76. The first-order valence-corrected chi connectivity index (χ1v) is 8.62. The summed E-state index contributed by atoms with van der Waals surface area (Å²) in [6, 6.07) is 5.69. The van der Waals surface area contributed by atoms with Crippen molar-refractivity contribution in [1.82, 2.24) is 9.80 Å². The zero-order chi connectivity index (χ0) is 18.2. The van der Waals surface area contributed by atoms with Crippen molar-refractivity contribution in [2.45, 2.75) is 20.3 Å². The monoisotopic (exact) mass is 385 g/mol. The number of carbonyl (C=O) groups is 2. The van der Waals surface area contributed by atoms with Crippen molar-refractivity contribution in [3.8, 4) is 5.75 Å². The van der Waals surface area contributed by atoms with Crippen LogP contribution in [0.2, 0.25) is 0 Å². The number of nitrogens with one attached hydrogen (secondary N) is 1. The summed E-state index contributed by atoms with van der Waals surface area (Å²) in [6.07, 6.45) is 0.141. The molecule has 8 heteroatoms. The average molecular weight is 386 g/mol. The van der Waals surface area contributed by atoms with E-state index < -0.39 is 0 Å². The number of aryl methyl sites for hydroxylation is 1. The SMILES string of the molecule is CCOC(=O)N1CCN(CCC(=O)Nc2cc(C)ccc2OC)CC1.Cl. The number of methoxy groups -OCH3 is 1. The van der Waals surface area contributed by atoms with Crippen LogP contribution in [0.5, 0.6) is 5.75 Å². The van der Waals surface area contributed by atoms with Gasteiger partial charge in [0.1, 0.15) is 5.75 Å². The maximum atomic E-state index is 12.2. The van der Waals surface area contributed by atoms with E-state index in [-0.39, 0.29) is 24.4 Å². The minimum atomic E-state index is -0.258. The average Bonchev–Trinajstić information content (AvgIpc) is 2.61. The molecule has 1 aliphatic rings. The third-order valence-corrected chi connectivity index (χ3v) is 4.18. The highest BCUT2D eigenvalue weighted by molar-refractivity contribution is 5.92. The smallest absolute Gasteiger partial charge is 0.409 e. The fourth-order valence-corrected chi connectivity index (χ4v) is 2.76. The van der Waals surface area contributed by atoms with Crippen LogP contribution in [0, 0.1) is 6.92 Å². The third kappa shape index (κ3) is 6.38. The molecule has 0 aromatic heterocycles. The Morgan fingerprint density at radius 3 is 2.50 bits per heavy atom. The van der Waals surface area contributed by atoms with Gasteiger partial charge in [0.2, 0.25) is 5.91 Å². The highest BCUT2D eigenvalue weighted by Crippen LogP contribution is 2.25. The first kappa shape index (κ1) is 22.1. The van der Waals surface area contributed by atoms with Crippen molar-refractivity contribution >= 4 is 30.1 Å². The quantitative estimate of drug-likeness (QED) is 0.814. The van der Waals surface area contributed by atoms with E-state index in [1.165, 1.54) is 0 Å². The van der Waals surface area contributed by atoms with Crippen molar-refractivity contribution in [3.05, 3.63) is 23.8 Å². The van der Waals surface area contributed by atoms with Crippen LogP contribution < -0.4 is 10.1 Å². The molecule has 0 atom stereocenters. The molecule has 0 spiro atoms. The van der Waals surface area contributed by atoms with E-state index in [4.69, 9.17) is 9.47 Å². The van der Waals surface area contributed by atoms with Crippen molar-refractivity contribution < 1.29 is 19.1 Å². The Morgan fingerprint density at radius 1 is 1.19 bits per heavy atom. The van der Waals surface area contributed by atoms with Gasteiger partial charge in [-0.25, -0.2) is 4.79 Å². The summed E-state index contributed by atoms with van der Waals surface area (Å²) in [5.74, 6) is 0.610. The van der Waals surface area contributed by atoms with Gasteiger partial charge in [-0.15, -0.1) is 12.4 Å². The van der Waals surface area contributed by atoms with Crippen LogP contribution in [0.3, 0.4) is 0 Å². The van der Waals surface area contributed by atoms with E-state index in [9.17, 15) is 9.59 Å². The lowest BCUT2D eigenvalue weighted by Gasteiger charge is -2.33. The van der Waals surface area contributed by atoms with E-state index >= 15 is 0 Å². The van der Waals surface area contributed by atoms with Crippen LogP contribution >= 0.6 is 12.4 Å². The van der Waals surface area contributed by atoms with E-state index in [1.807, 2.05) is 25.1 Å². The number of amides is 2. The van der Waals surface area contributed by atoms with Crippen molar-refractivity contribution in [3.63, 3.8) is 0 Å². The van der Waals surface area contributed by atoms with E-state index in [0.29, 0.717) is 44.1 Å². The highest BCUT2D eigenvalue weighted by atomic mass is 35.5. The molecule has 0 radical (unpaired) electrons. The zero-order valence-corrected chi connectivity index (χ0v) is 16.4. The van der Waals surface area contributed by atoms with Crippen LogP contribution in [-0.2, 0) is 9.53 Å². The Balaban J connectivity index is 0.00000338. The molecule has 1 aromatic carbocycles. The number of ether oxygens (including phenoxy) is 2. The molecule has 1 aliphatic heterocycles. The maximum Gasteiger partial charge on any atom is 0.409 e. The summed E-state index contributed by atoms with van der Waals surface area (Å²) in [7, 11) is 1.59. The van der Waals surface area contributed by atoms with Gasteiger partial charge in [0.15, 0.2) is 0 Å². The second kappa shape index (κ2) is 10.9. The first-order valence-electron chi connectivity index (χ1n) is 8.62. The summed E-state index contributed by atoms with van der Waals surface area (Å²) in [5, 5.41) is 2.91. The van der Waals surface area contributed by atoms with Crippen LogP contribution in [0.15, 0.2) is 18.2 Å². The lowest BCUT2D eigenvalue weighted by atomic mass is 10.2. The molecule has 0 aliphatic carbocycles. The first-order chi connectivity index (χ1) is 12.0. The Labute approximate surface area is 161 Å². The van der Waals surface area contributed by atoms with Crippen LogP contribution in [0.4, 0.5) is 10.5 Å². The lowest BCUT2D eigenvalue weighted by Crippen LogP contribution is -2.49. The molecule has 1 N–H and O–H groups in total. The fraction of sp³-hybridized carbons (Fsp3) is 0.556. The third-order valence-electron chi connectivity index (χ3n) is 4.18. The van der Waals surface area contributed by atoms with Gasteiger partial charge in [0, 0.05) is 39.1 Å². The number of benzene rings is 1. The molecule has 146 valence electrons. The molecule has 1 fully saturated rings. The normalized spacial score (nSPS) is 14.3. The van der Waals surface area contributed by atoms with Crippen LogP contribution in [0.25, 0.3) is 0 Å². The highest BCUT2D eigenvalue weighted by Gasteiger charge is 2.22. The molecule has 2 amide bonds. The van der Waals surface area contributed by atoms with Gasteiger partial charge in [-0.05, 0) is 31.5 Å². The summed E-state index contributed by atoms with van der Waals surface area (Å²) in [6.45, 7) is 7.59. The minimum Gasteiger partial charge on any atom is -0.495 e. The molecule has 1 saturated heterocycles. The maximum absolute atomic E-state index is 12.2. The van der Waals surface area contributed by atoms with Gasteiger partial charge in [-0.2, -0.15) is 0 Å². The van der Waals surface area contributed by atoms with Crippen molar-refractivity contribution in [1.29, 1.82) is 0 Å². The van der Waals surface area contributed by atoms with Crippen LogP contribution in [-0.4, -0.2) is 68.2 Å². The van der Waals surface area contributed by atoms with Crippen molar-refractivity contribution in [2.75, 3.05) is 51.8 Å². The topological polar surface area (TPSA) is 71.1 Å². The van der Waals surface area contributed by atoms with Gasteiger partial charge >= 0.3 is 6.09 Å². The van der Waals surface area contributed by atoms with Crippen LogP contribution in [0.1, 0.15) is 18.9 Å². The molecule has 1 aromatic rings. The minimum absolute atomic E-state index is 0. The molecular formula is C18H28ClN3O4. The second-order valence-electron chi connectivity index (χ2n) is 6.03. The van der Waals surface area contributed by atoms with Gasteiger partial charge in [0.25, 0.3) is 0 Å². The number of nitrogens with zero attached hydrogens (tertiary/aromatic N) is 2. The number of anilines is 1. The predicted molar refractivity (Wildman–Crippen MR) is 103 cm³/mol. The summed E-state index contributed by atoms with van der Waals surface area (Å²) in [4.78, 5) is 27.8. The Morgan fingerprint density at radius 2 is 1.88 bits per heavy atom. The van der Waals surface area contributed by atoms with Gasteiger partial charge in [-0.1, -0.05) is 6.07 Å². The lowest BCUT2D eigenvalue weighted by molar-refractivity contribution is -0.116.